The van der Waals surface area contributed by atoms with Crippen molar-refractivity contribution < 1.29 is 0 Å². The van der Waals surface area contributed by atoms with Crippen molar-refractivity contribution in [1.82, 2.24) is 20.1 Å². The molecule has 2 rings (SSSR count). The molecule has 0 spiro atoms. The largest absolute Gasteiger partial charge is 0.312 e. The number of piperidine rings is 1. The molecular weight excluding hydrogens is 152 g/mol. The van der Waals surface area contributed by atoms with E-state index in [0.29, 0.717) is 12.1 Å². The Hall–Kier alpha value is -0.900. The quantitative estimate of drug-likeness (QED) is 0.664. The summed E-state index contributed by atoms with van der Waals surface area (Å²) in [6.07, 6.45) is 5.82. The van der Waals surface area contributed by atoms with Crippen molar-refractivity contribution in [3.05, 3.63) is 12.7 Å². The molecule has 4 heteroatoms. The number of nitrogens with zero attached hydrogens (tertiary/aromatic N) is 3. The smallest absolute Gasteiger partial charge is 0.137 e. The van der Waals surface area contributed by atoms with E-state index in [0.717, 1.165) is 6.54 Å². The lowest BCUT2D eigenvalue weighted by Gasteiger charge is -2.27. The van der Waals surface area contributed by atoms with E-state index in [9.17, 15) is 0 Å². The van der Waals surface area contributed by atoms with E-state index in [1.807, 2.05) is 4.68 Å². The van der Waals surface area contributed by atoms with Crippen LogP contribution in [0.1, 0.15) is 25.8 Å². The molecule has 0 aliphatic carbocycles. The van der Waals surface area contributed by atoms with Gasteiger partial charge in [-0.2, -0.15) is 5.10 Å². The molecule has 0 aromatic carbocycles. The normalized spacial score (nSPS) is 30.4. The molecular formula is C8H14N4. The third kappa shape index (κ3) is 1.48. The summed E-state index contributed by atoms with van der Waals surface area (Å²) in [5.74, 6) is 0. The molecule has 4 nitrogen and oxygen atoms in total. The Balaban J connectivity index is 1.99. The van der Waals surface area contributed by atoms with Gasteiger partial charge in [0, 0.05) is 12.6 Å². The molecule has 0 amide bonds. The minimum atomic E-state index is 0.503. The van der Waals surface area contributed by atoms with Gasteiger partial charge in [0.25, 0.3) is 0 Å². The van der Waals surface area contributed by atoms with Crippen molar-refractivity contribution in [1.29, 1.82) is 0 Å². The van der Waals surface area contributed by atoms with Crippen molar-refractivity contribution in [2.24, 2.45) is 0 Å². The molecule has 12 heavy (non-hydrogen) atoms. The van der Waals surface area contributed by atoms with E-state index in [4.69, 9.17) is 0 Å². The molecule has 1 aliphatic heterocycles. The third-order valence-electron chi connectivity index (χ3n) is 2.45. The van der Waals surface area contributed by atoms with Crippen LogP contribution in [0.15, 0.2) is 12.7 Å². The average molecular weight is 166 g/mol. The zero-order valence-corrected chi connectivity index (χ0v) is 7.27. The Labute approximate surface area is 72.0 Å². The van der Waals surface area contributed by atoms with Gasteiger partial charge >= 0.3 is 0 Å². The second-order valence-corrected chi connectivity index (χ2v) is 3.42. The predicted octanol–water partition coefficient (Wildman–Crippen LogP) is 0.591. The van der Waals surface area contributed by atoms with E-state index in [1.54, 1.807) is 12.7 Å². The third-order valence-corrected chi connectivity index (χ3v) is 2.45. The molecule has 2 heterocycles. The highest BCUT2D eigenvalue weighted by atomic mass is 15.3. The maximum absolute atomic E-state index is 4.13. The molecule has 66 valence electrons. The fraction of sp³-hybridized carbons (Fsp3) is 0.750. The van der Waals surface area contributed by atoms with Crippen molar-refractivity contribution >= 4 is 0 Å². The number of hydrogen-bond acceptors (Lipinski definition) is 3. The lowest BCUT2D eigenvalue weighted by Crippen LogP contribution is -2.38. The maximum Gasteiger partial charge on any atom is 0.137 e. The van der Waals surface area contributed by atoms with Crippen LogP contribution in [0.5, 0.6) is 0 Å². The van der Waals surface area contributed by atoms with Gasteiger partial charge in [0.15, 0.2) is 0 Å². The van der Waals surface area contributed by atoms with Crippen LogP contribution in [0.4, 0.5) is 0 Å². The molecule has 1 aromatic rings. The van der Waals surface area contributed by atoms with Gasteiger partial charge in [0.2, 0.25) is 0 Å². The average Bonchev–Trinajstić information content (AvgIpc) is 2.58. The number of hydrogen-bond donors (Lipinski definition) is 1. The van der Waals surface area contributed by atoms with Gasteiger partial charge in [-0.15, -0.1) is 0 Å². The Kier molecular flexibility index (Phi) is 2.08. The Morgan fingerprint density at radius 3 is 3.00 bits per heavy atom. The minimum Gasteiger partial charge on any atom is -0.312 e. The van der Waals surface area contributed by atoms with Crippen molar-refractivity contribution in [2.45, 2.75) is 31.8 Å². The van der Waals surface area contributed by atoms with Gasteiger partial charge in [0.1, 0.15) is 12.7 Å². The highest BCUT2D eigenvalue weighted by molar-refractivity contribution is 4.78. The van der Waals surface area contributed by atoms with Gasteiger partial charge in [-0.25, -0.2) is 9.67 Å². The van der Waals surface area contributed by atoms with Gasteiger partial charge in [0.05, 0.1) is 6.04 Å². The highest BCUT2D eigenvalue weighted by Crippen LogP contribution is 2.17. The van der Waals surface area contributed by atoms with Crippen molar-refractivity contribution in [3.63, 3.8) is 0 Å². The fourth-order valence-corrected chi connectivity index (χ4v) is 1.62. The fourth-order valence-electron chi connectivity index (χ4n) is 1.62. The summed E-state index contributed by atoms with van der Waals surface area (Å²) in [5.41, 5.74) is 0. The molecule has 1 N–H and O–H groups in total. The Bertz CT molecular complexity index is 223. The lowest BCUT2D eigenvalue weighted by molar-refractivity contribution is 0.303. The van der Waals surface area contributed by atoms with Crippen LogP contribution in [0, 0.1) is 0 Å². The van der Waals surface area contributed by atoms with Crippen LogP contribution in [-0.4, -0.2) is 27.4 Å². The maximum atomic E-state index is 4.13. The molecule has 0 saturated carbocycles. The lowest BCUT2D eigenvalue weighted by atomic mass is 10.0. The molecule has 1 fully saturated rings. The van der Waals surface area contributed by atoms with E-state index >= 15 is 0 Å². The second kappa shape index (κ2) is 3.23. The van der Waals surface area contributed by atoms with Crippen LogP contribution < -0.4 is 5.32 Å². The Morgan fingerprint density at radius 1 is 1.50 bits per heavy atom. The van der Waals surface area contributed by atoms with E-state index in [-0.39, 0.29) is 0 Å². The SMILES string of the molecule is CC1CCC(n2cncn2)CN1. The monoisotopic (exact) mass is 166 g/mol. The topological polar surface area (TPSA) is 42.7 Å². The van der Waals surface area contributed by atoms with Crippen LogP contribution in [0.25, 0.3) is 0 Å². The summed E-state index contributed by atoms with van der Waals surface area (Å²) >= 11 is 0. The molecule has 1 aromatic heterocycles. The summed E-state index contributed by atoms with van der Waals surface area (Å²) in [4.78, 5) is 3.94. The molecule has 2 unspecified atom stereocenters. The molecule has 0 radical (unpaired) electrons. The molecule has 0 bridgehead atoms. The van der Waals surface area contributed by atoms with Crippen LogP contribution in [0.3, 0.4) is 0 Å². The Morgan fingerprint density at radius 2 is 2.42 bits per heavy atom. The predicted molar refractivity (Wildman–Crippen MR) is 45.8 cm³/mol. The second-order valence-electron chi connectivity index (χ2n) is 3.42. The zero-order valence-electron chi connectivity index (χ0n) is 7.27. The molecule has 2 atom stereocenters. The standard InChI is InChI=1S/C8H14N4/c1-7-2-3-8(4-10-7)12-6-9-5-11-12/h5-8,10H,2-4H2,1H3. The highest BCUT2D eigenvalue weighted by Gasteiger charge is 2.18. The van der Waals surface area contributed by atoms with Crippen LogP contribution >= 0.6 is 0 Å². The summed E-state index contributed by atoms with van der Waals surface area (Å²) in [6, 6.07) is 1.16. The van der Waals surface area contributed by atoms with Crippen molar-refractivity contribution in [2.75, 3.05) is 6.54 Å². The summed E-state index contributed by atoms with van der Waals surface area (Å²) < 4.78 is 1.94. The van der Waals surface area contributed by atoms with Gasteiger partial charge in [-0.05, 0) is 19.8 Å². The summed E-state index contributed by atoms with van der Waals surface area (Å²) in [7, 11) is 0. The summed E-state index contributed by atoms with van der Waals surface area (Å²) in [6.45, 7) is 3.24. The molecule has 1 aliphatic rings. The van der Waals surface area contributed by atoms with E-state index < -0.39 is 0 Å². The first kappa shape index (κ1) is 7.73. The van der Waals surface area contributed by atoms with Crippen molar-refractivity contribution in [3.8, 4) is 0 Å². The first-order valence-corrected chi connectivity index (χ1v) is 4.44. The number of nitrogens with one attached hydrogen (secondary N) is 1. The van der Waals surface area contributed by atoms with E-state index in [2.05, 4.69) is 22.3 Å². The number of aromatic nitrogens is 3. The number of rotatable bonds is 1. The van der Waals surface area contributed by atoms with Gasteiger partial charge < -0.3 is 5.32 Å². The first-order valence-electron chi connectivity index (χ1n) is 4.44. The van der Waals surface area contributed by atoms with E-state index in [1.165, 1.54) is 12.8 Å². The van der Waals surface area contributed by atoms with Crippen LogP contribution in [0.2, 0.25) is 0 Å². The zero-order chi connectivity index (χ0) is 8.39. The van der Waals surface area contributed by atoms with Crippen LogP contribution in [-0.2, 0) is 0 Å². The molecule has 1 saturated heterocycles. The first-order chi connectivity index (χ1) is 5.86. The van der Waals surface area contributed by atoms with Gasteiger partial charge in [-0.3, -0.25) is 0 Å². The minimum absolute atomic E-state index is 0.503. The summed E-state index contributed by atoms with van der Waals surface area (Å²) in [5, 5.41) is 7.56. The van der Waals surface area contributed by atoms with Gasteiger partial charge in [-0.1, -0.05) is 0 Å².